The maximum atomic E-state index is 11.3. The lowest BCUT2D eigenvalue weighted by Gasteiger charge is -2.08. The van der Waals surface area contributed by atoms with Crippen LogP contribution in [0.15, 0.2) is 12.1 Å². The van der Waals surface area contributed by atoms with Crippen LogP contribution < -0.4 is 4.74 Å². The van der Waals surface area contributed by atoms with E-state index in [2.05, 4.69) is 0 Å². The van der Waals surface area contributed by atoms with Crippen molar-refractivity contribution in [2.24, 2.45) is 0 Å². The number of rotatable bonds is 4. The van der Waals surface area contributed by atoms with Gasteiger partial charge in [0.25, 0.3) is 0 Å². The zero-order valence-corrected chi connectivity index (χ0v) is 11.4. The van der Waals surface area contributed by atoms with Gasteiger partial charge in [-0.15, -0.1) is 0 Å². The lowest BCUT2D eigenvalue weighted by atomic mass is 10.3. The predicted octanol–water partition coefficient (Wildman–Crippen LogP) is 4.96. The molecule has 0 heterocycles. The van der Waals surface area contributed by atoms with E-state index in [9.17, 15) is 4.79 Å². The number of carbonyl (C=O) groups excluding carboxylic acids is 1. The van der Waals surface area contributed by atoms with E-state index < -0.39 is 6.16 Å². The van der Waals surface area contributed by atoms with Crippen molar-refractivity contribution in [3.8, 4) is 5.75 Å². The van der Waals surface area contributed by atoms with Crippen molar-refractivity contribution in [2.45, 2.75) is 19.8 Å². The van der Waals surface area contributed by atoms with Gasteiger partial charge in [-0.2, -0.15) is 0 Å². The SMILES string of the molecule is CCCCOC(=O)Oc1ccc(Cl)c(Cl)c1Cl. The van der Waals surface area contributed by atoms with Crippen LogP contribution in [0.2, 0.25) is 15.1 Å². The molecule has 0 aliphatic carbocycles. The number of carbonyl (C=O) groups is 1. The van der Waals surface area contributed by atoms with Gasteiger partial charge < -0.3 is 9.47 Å². The van der Waals surface area contributed by atoms with Crippen LogP contribution >= 0.6 is 34.8 Å². The average Bonchev–Trinajstić information content (AvgIpc) is 2.30. The van der Waals surface area contributed by atoms with E-state index in [0.29, 0.717) is 11.6 Å². The number of benzene rings is 1. The molecule has 0 saturated heterocycles. The summed E-state index contributed by atoms with van der Waals surface area (Å²) < 4.78 is 9.71. The standard InChI is InChI=1S/C11H11Cl3O3/c1-2-3-6-16-11(15)17-8-5-4-7(12)9(13)10(8)14/h4-5H,2-3,6H2,1H3. The molecule has 0 aliphatic heterocycles. The van der Waals surface area contributed by atoms with Crippen LogP contribution in [-0.2, 0) is 4.74 Å². The molecule has 0 unspecified atom stereocenters. The van der Waals surface area contributed by atoms with Gasteiger partial charge in [0.05, 0.1) is 16.7 Å². The van der Waals surface area contributed by atoms with Crippen molar-refractivity contribution in [1.82, 2.24) is 0 Å². The van der Waals surface area contributed by atoms with Crippen LogP contribution in [-0.4, -0.2) is 12.8 Å². The van der Waals surface area contributed by atoms with Gasteiger partial charge in [0.1, 0.15) is 5.02 Å². The molecule has 0 aliphatic rings. The maximum Gasteiger partial charge on any atom is 0.513 e. The Hall–Kier alpha value is -0.640. The first-order valence-corrected chi connectivity index (χ1v) is 6.17. The van der Waals surface area contributed by atoms with E-state index in [4.69, 9.17) is 44.3 Å². The molecule has 0 fully saturated rings. The fourth-order valence-corrected chi connectivity index (χ4v) is 1.57. The highest BCUT2D eigenvalue weighted by Crippen LogP contribution is 2.37. The normalized spacial score (nSPS) is 10.1. The van der Waals surface area contributed by atoms with Crippen LogP contribution in [0, 0.1) is 0 Å². The highest BCUT2D eigenvalue weighted by molar-refractivity contribution is 6.48. The molecule has 0 atom stereocenters. The molecular formula is C11H11Cl3O3. The summed E-state index contributed by atoms with van der Waals surface area (Å²) in [4.78, 5) is 11.3. The second-order valence-corrected chi connectivity index (χ2v) is 4.39. The molecule has 0 spiro atoms. The van der Waals surface area contributed by atoms with Crippen molar-refractivity contribution in [3.05, 3.63) is 27.2 Å². The van der Waals surface area contributed by atoms with E-state index in [1.165, 1.54) is 12.1 Å². The minimum absolute atomic E-state index is 0.0895. The lowest BCUT2D eigenvalue weighted by molar-refractivity contribution is 0.0979. The number of halogens is 3. The second-order valence-electron chi connectivity index (χ2n) is 3.23. The topological polar surface area (TPSA) is 35.5 Å². The third-order valence-electron chi connectivity index (χ3n) is 1.91. The summed E-state index contributed by atoms with van der Waals surface area (Å²) in [7, 11) is 0. The van der Waals surface area contributed by atoms with Gasteiger partial charge in [0.15, 0.2) is 5.75 Å². The van der Waals surface area contributed by atoms with Crippen molar-refractivity contribution in [1.29, 1.82) is 0 Å². The third-order valence-corrected chi connectivity index (χ3v) is 3.19. The van der Waals surface area contributed by atoms with Crippen LogP contribution in [0.4, 0.5) is 4.79 Å². The van der Waals surface area contributed by atoms with Crippen LogP contribution in [0.5, 0.6) is 5.75 Å². The quantitative estimate of drug-likeness (QED) is 0.341. The highest BCUT2D eigenvalue weighted by Gasteiger charge is 2.13. The Labute approximate surface area is 115 Å². The molecule has 1 aromatic carbocycles. The molecule has 17 heavy (non-hydrogen) atoms. The molecule has 1 aromatic rings. The summed E-state index contributed by atoms with van der Waals surface area (Å²) in [6.07, 6.45) is 0.907. The van der Waals surface area contributed by atoms with Gasteiger partial charge in [-0.05, 0) is 18.6 Å². The summed E-state index contributed by atoms with van der Waals surface area (Å²) in [5.41, 5.74) is 0. The zero-order chi connectivity index (χ0) is 12.8. The first kappa shape index (κ1) is 14.4. The molecule has 0 bridgehead atoms. The van der Waals surface area contributed by atoms with Gasteiger partial charge in [-0.25, -0.2) is 4.79 Å². The first-order chi connectivity index (χ1) is 8.06. The molecule has 0 aromatic heterocycles. The molecule has 0 amide bonds. The zero-order valence-electron chi connectivity index (χ0n) is 9.13. The molecule has 1 rings (SSSR count). The monoisotopic (exact) mass is 296 g/mol. The molecule has 94 valence electrons. The van der Waals surface area contributed by atoms with Crippen molar-refractivity contribution >= 4 is 41.0 Å². The van der Waals surface area contributed by atoms with Crippen molar-refractivity contribution < 1.29 is 14.3 Å². The molecule has 3 nitrogen and oxygen atoms in total. The average molecular weight is 298 g/mol. The van der Waals surface area contributed by atoms with E-state index in [0.717, 1.165) is 12.8 Å². The highest BCUT2D eigenvalue weighted by atomic mass is 35.5. The maximum absolute atomic E-state index is 11.3. The van der Waals surface area contributed by atoms with Crippen LogP contribution in [0.25, 0.3) is 0 Å². The van der Waals surface area contributed by atoms with Gasteiger partial charge >= 0.3 is 6.16 Å². The Bertz CT molecular complexity index is 407. The van der Waals surface area contributed by atoms with Gasteiger partial charge in [0.2, 0.25) is 0 Å². The van der Waals surface area contributed by atoms with Crippen molar-refractivity contribution in [2.75, 3.05) is 6.61 Å². The molecule has 0 saturated carbocycles. The molecular weight excluding hydrogens is 286 g/mol. The molecule has 0 radical (unpaired) electrons. The van der Waals surface area contributed by atoms with Gasteiger partial charge in [0, 0.05) is 0 Å². The third kappa shape index (κ3) is 4.26. The predicted molar refractivity (Wildman–Crippen MR) is 68.4 cm³/mol. The summed E-state index contributed by atoms with van der Waals surface area (Å²) in [6, 6.07) is 2.95. The first-order valence-electron chi connectivity index (χ1n) is 5.04. The Morgan fingerprint density at radius 3 is 2.59 bits per heavy atom. The van der Waals surface area contributed by atoms with Crippen molar-refractivity contribution in [3.63, 3.8) is 0 Å². The number of hydrogen-bond donors (Lipinski definition) is 0. The van der Waals surface area contributed by atoms with E-state index in [-0.39, 0.29) is 15.8 Å². The van der Waals surface area contributed by atoms with E-state index >= 15 is 0 Å². The smallest absolute Gasteiger partial charge is 0.434 e. The summed E-state index contributed by atoms with van der Waals surface area (Å²) in [5, 5.41) is 0.530. The summed E-state index contributed by atoms with van der Waals surface area (Å²) in [6.45, 7) is 2.30. The fourth-order valence-electron chi connectivity index (χ4n) is 1.01. The fraction of sp³-hybridized carbons (Fsp3) is 0.364. The molecule has 0 N–H and O–H groups in total. The summed E-state index contributed by atoms with van der Waals surface area (Å²) in [5.74, 6) is 0.127. The summed E-state index contributed by atoms with van der Waals surface area (Å²) >= 11 is 17.4. The van der Waals surface area contributed by atoms with Gasteiger partial charge in [-0.1, -0.05) is 48.1 Å². The second kappa shape index (κ2) is 6.94. The largest absolute Gasteiger partial charge is 0.513 e. The number of ether oxygens (including phenoxy) is 2. The molecule has 6 heteroatoms. The number of hydrogen-bond acceptors (Lipinski definition) is 3. The Morgan fingerprint density at radius 2 is 1.94 bits per heavy atom. The van der Waals surface area contributed by atoms with E-state index in [1.54, 1.807) is 0 Å². The lowest BCUT2D eigenvalue weighted by Crippen LogP contribution is -2.11. The van der Waals surface area contributed by atoms with E-state index in [1.807, 2.05) is 6.92 Å². The Morgan fingerprint density at radius 1 is 1.24 bits per heavy atom. The van der Waals surface area contributed by atoms with Crippen LogP contribution in [0.3, 0.4) is 0 Å². The Kier molecular flexibility index (Phi) is 5.89. The number of unbranched alkanes of at least 4 members (excludes halogenated alkanes) is 1. The minimum Gasteiger partial charge on any atom is -0.434 e. The minimum atomic E-state index is -0.807. The van der Waals surface area contributed by atoms with Gasteiger partial charge in [-0.3, -0.25) is 0 Å². The Balaban J connectivity index is 2.63. The van der Waals surface area contributed by atoms with Crippen LogP contribution in [0.1, 0.15) is 19.8 Å².